The lowest BCUT2D eigenvalue weighted by atomic mass is 10.1. The van der Waals surface area contributed by atoms with Gasteiger partial charge in [0.05, 0.1) is 13.7 Å². The van der Waals surface area contributed by atoms with E-state index in [9.17, 15) is 4.79 Å². The van der Waals surface area contributed by atoms with Crippen LogP contribution in [0, 0.1) is 0 Å². The van der Waals surface area contributed by atoms with Gasteiger partial charge in [-0.1, -0.05) is 12.1 Å². The Morgan fingerprint density at radius 2 is 2.00 bits per heavy atom. The molecular weight excluding hydrogens is 282 g/mol. The van der Waals surface area contributed by atoms with Crippen molar-refractivity contribution in [3.8, 4) is 0 Å². The number of nitrogens with zero attached hydrogens (tertiary/aromatic N) is 2. The van der Waals surface area contributed by atoms with Gasteiger partial charge in [0, 0.05) is 45.5 Å². The van der Waals surface area contributed by atoms with Crippen LogP contribution in [0.25, 0.3) is 0 Å². The Morgan fingerprint density at radius 3 is 2.59 bits per heavy atom. The number of carbonyl (C=O) groups is 1. The summed E-state index contributed by atoms with van der Waals surface area (Å²) in [6, 6.07) is 7.66. The van der Waals surface area contributed by atoms with E-state index in [1.165, 1.54) is 12.7 Å². The lowest BCUT2D eigenvalue weighted by Gasteiger charge is -2.37. The quantitative estimate of drug-likeness (QED) is 0.612. The predicted molar refractivity (Wildman–Crippen MR) is 85.4 cm³/mol. The van der Waals surface area contributed by atoms with Gasteiger partial charge in [0.15, 0.2) is 0 Å². The average Bonchev–Trinajstić information content (AvgIpc) is 2.53. The van der Waals surface area contributed by atoms with Gasteiger partial charge in [-0.25, -0.2) is 0 Å². The Morgan fingerprint density at radius 1 is 1.27 bits per heavy atom. The van der Waals surface area contributed by atoms with Gasteiger partial charge >= 0.3 is 5.97 Å². The number of nitrogens with two attached hydrogens (primary N) is 1. The van der Waals surface area contributed by atoms with E-state index in [2.05, 4.69) is 15.9 Å². The SMILES string of the molecule is COCC(C(=O)OC)N1CCN(Cc2cccc(N)c2)CC1. The number of nitrogen functional groups attached to an aromatic ring is 1. The summed E-state index contributed by atoms with van der Waals surface area (Å²) in [5.41, 5.74) is 7.83. The largest absolute Gasteiger partial charge is 0.468 e. The molecule has 0 bridgehead atoms. The van der Waals surface area contributed by atoms with E-state index in [-0.39, 0.29) is 12.0 Å². The summed E-state index contributed by atoms with van der Waals surface area (Å²) in [7, 11) is 3.02. The molecule has 1 aromatic rings. The molecule has 122 valence electrons. The summed E-state index contributed by atoms with van der Waals surface area (Å²) < 4.78 is 10.0. The van der Waals surface area contributed by atoms with Crippen LogP contribution in [0.5, 0.6) is 0 Å². The van der Waals surface area contributed by atoms with E-state index in [1.54, 1.807) is 7.11 Å². The first-order valence-electron chi connectivity index (χ1n) is 7.51. The zero-order valence-electron chi connectivity index (χ0n) is 13.3. The summed E-state index contributed by atoms with van der Waals surface area (Å²) in [6.07, 6.45) is 0. The number of benzene rings is 1. The second kappa shape index (κ2) is 8.12. The second-order valence-electron chi connectivity index (χ2n) is 5.55. The fourth-order valence-corrected chi connectivity index (χ4v) is 2.80. The number of esters is 1. The molecule has 0 aromatic heterocycles. The van der Waals surface area contributed by atoms with Crippen LogP contribution in [-0.2, 0) is 20.8 Å². The van der Waals surface area contributed by atoms with Crippen molar-refractivity contribution in [1.29, 1.82) is 0 Å². The highest BCUT2D eigenvalue weighted by Crippen LogP contribution is 2.13. The Bertz CT molecular complexity index is 487. The molecule has 6 nitrogen and oxygen atoms in total. The molecule has 1 aromatic carbocycles. The van der Waals surface area contributed by atoms with Crippen molar-refractivity contribution in [1.82, 2.24) is 9.80 Å². The molecule has 0 aliphatic carbocycles. The van der Waals surface area contributed by atoms with E-state index >= 15 is 0 Å². The van der Waals surface area contributed by atoms with E-state index in [1.807, 2.05) is 18.2 Å². The van der Waals surface area contributed by atoms with Crippen molar-refractivity contribution < 1.29 is 14.3 Å². The van der Waals surface area contributed by atoms with Crippen molar-refractivity contribution in [2.24, 2.45) is 0 Å². The zero-order chi connectivity index (χ0) is 15.9. The fourth-order valence-electron chi connectivity index (χ4n) is 2.80. The first kappa shape index (κ1) is 16.7. The molecule has 1 aliphatic heterocycles. The molecule has 6 heteroatoms. The Labute approximate surface area is 131 Å². The van der Waals surface area contributed by atoms with Gasteiger partial charge in [0.1, 0.15) is 6.04 Å². The fraction of sp³-hybridized carbons (Fsp3) is 0.562. The van der Waals surface area contributed by atoms with E-state index in [0.29, 0.717) is 6.61 Å². The normalized spacial score (nSPS) is 18.1. The van der Waals surface area contributed by atoms with Gasteiger partial charge in [-0.05, 0) is 17.7 Å². The maximum absolute atomic E-state index is 11.8. The van der Waals surface area contributed by atoms with Gasteiger partial charge in [-0.2, -0.15) is 0 Å². The summed E-state index contributed by atoms with van der Waals surface area (Å²) in [4.78, 5) is 16.3. The standard InChI is InChI=1S/C16H25N3O3/c1-21-12-15(16(20)22-2)19-8-6-18(7-9-19)11-13-4-3-5-14(17)10-13/h3-5,10,15H,6-9,11-12,17H2,1-2H3. The van der Waals surface area contributed by atoms with E-state index in [4.69, 9.17) is 15.2 Å². The van der Waals surface area contributed by atoms with Gasteiger partial charge in [0.2, 0.25) is 0 Å². The first-order chi connectivity index (χ1) is 10.6. The van der Waals surface area contributed by atoms with Crippen molar-refractivity contribution in [3.63, 3.8) is 0 Å². The first-order valence-corrected chi connectivity index (χ1v) is 7.51. The number of carbonyl (C=O) groups excluding carboxylic acids is 1. The number of hydrogen-bond acceptors (Lipinski definition) is 6. The maximum Gasteiger partial charge on any atom is 0.325 e. The summed E-state index contributed by atoms with van der Waals surface area (Å²) in [5.74, 6) is -0.230. The van der Waals surface area contributed by atoms with Crippen LogP contribution in [0.3, 0.4) is 0 Å². The third-order valence-corrected chi connectivity index (χ3v) is 4.00. The molecule has 1 atom stereocenters. The zero-order valence-corrected chi connectivity index (χ0v) is 13.3. The molecule has 1 unspecified atom stereocenters. The van der Waals surface area contributed by atoms with Crippen molar-refractivity contribution in [2.45, 2.75) is 12.6 Å². The number of methoxy groups -OCH3 is 2. The summed E-state index contributed by atoms with van der Waals surface area (Å²) in [6.45, 7) is 4.71. The van der Waals surface area contributed by atoms with Crippen LogP contribution >= 0.6 is 0 Å². The highest BCUT2D eigenvalue weighted by Gasteiger charge is 2.29. The van der Waals surface area contributed by atoms with Crippen LogP contribution in [0.15, 0.2) is 24.3 Å². The summed E-state index contributed by atoms with van der Waals surface area (Å²) in [5, 5.41) is 0. The Kier molecular flexibility index (Phi) is 6.18. The lowest BCUT2D eigenvalue weighted by Crippen LogP contribution is -2.54. The second-order valence-corrected chi connectivity index (χ2v) is 5.55. The van der Waals surface area contributed by atoms with Crippen molar-refractivity contribution >= 4 is 11.7 Å². The monoisotopic (exact) mass is 307 g/mol. The van der Waals surface area contributed by atoms with Crippen LogP contribution in [0.4, 0.5) is 5.69 Å². The van der Waals surface area contributed by atoms with Crippen molar-refractivity contribution in [2.75, 3.05) is 52.7 Å². The highest BCUT2D eigenvalue weighted by molar-refractivity contribution is 5.75. The predicted octanol–water partition coefficient (Wildman–Crippen LogP) is 0.574. The molecule has 1 aliphatic rings. The van der Waals surface area contributed by atoms with E-state index < -0.39 is 0 Å². The van der Waals surface area contributed by atoms with Gasteiger partial charge in [-0.3, -0.25) is 14.6 Å². The van der Waals surface area contributed by atoms with Gasteiger partial charge < -0.3 is 15.2 Å². The number of anilines is 1. The van der Waals surface area contributed by atoms with Crippen LogP contribution in [0.1, 0.15) is 5.56 Å². The van der Waals surface area contributed by atoms with Crippen LogP contribution in [0.2, 0.25) is 0 Å². The molecule has 0 saturated carbocycles. The molecule has 0 radical (unpaired) electrons. The molecule has 0 spiro atoms. The van der Waals surface area contributed by atoms with Crippen molar-refractivity contribution in [3.05, 3.63) is 29.8 Å². The minimum atomic E-state index is -0.315. The lowest BCUT2D eigenvalue weighted by molar-refractivity contribution is -0.150. The smallest absolute Gasteiger partial charge is 0.325 e. The summed E-state index contributed by atoms with van der Waals surface area (Å²) >= 11 is 0. The average molecular weight is 307 g/mol. The molecule has 2 rings (SSSR count). The number of hydrogen-bond donors (Lipinski definition) is 1. The molecule has 2 N–H and O–H groups in total. The third kappa shape index (κ3) is 4.43. The van der Waals surface area contributed by atoms with Crippen LogP contribution < -0.4 is 5.73 Å². The van der Waals surface area contributed by atoms with Crippen LogP contribution in [-0.4, -0.2) is 68.8 Å². The minimum Gasteiger partial charge on any atom is -0.468 e. The molecule has 1 fully saturated rings. The molecule has 1 saturated heterocycles. The molecule has 1 heterocycles. The Hall–Kier alpha value is -1.63. The topological polar surface area (TPSA) is 68.0 Å². The number of piperazine rings is 1. The van der Waals surface area contributed by atoms with Gasteiger partial charge in [0.25, 0.3) is 0 Å². The van der Waals surface area contributed by atoms with E-state index in [0.717, 1.165) is 38.4 Å². The maximum atomic E-state index is 11.8. The minimum absolute atomic E-state index is 0.230. The molecule has 22 heavy (non-hydrogen) atoms. The molecule has 0 amide bonds. The highest BCUT2D eigenvalue weighted by atomic mass is 16.5. The number of ether oxygens (including phenoxy) is 2. The molecular formula is C16H25N3O3. The third-order valence-electron chi connectivity index (χ3n) is 4.00. The Balaban J connectivity index is 1.87. The number of rotatable bonds is 6. The van der Waals surface area contributed by atoms with Gasteiger partial charge in [-0.15, -0.1) is 0 Å².